The zero-order chi connectivity index (χ0) is 10.2. The minimum Gasteiger partial charge on any atom is -0.372 e. The van der Waals surface area contributed by atoms with Crippen LogP contribution >= 0.6 is 0 Å². The van der Waals surface area contributed by atoms with Gasteiger partial charge in [0.2, 0.25) is 0 Å². The lowest BCUT2D eigenvalue weighted by Gasteiger charge is -2.33. The molecule has 2 bridgehead atoms. The van der Waals surface area contributed by atoms with Gasteiger partial charge in [0.25, 0.3) is 5.92 Å². The monoisotopic (exact) mass is 206 g/mol. The Morgan fingerprint density at radius 1 is 1.29 bits per heavy atom. The van der Waals surface area contributed by atoms with Crippen LogP contribution < -0.4 is 5.73 Å². The van der Waals surface area contributed by atoms with Gasteiger partial charge in [-0.1, -0.05) is 0 Å². The molecule has 0 aliphatic carbocycles. The number of alkyl halides is 2. The Labute approximate surface area is 82.2 Å². The summed E-state index contributed by atoms with van der Waals surface area (Å²) >= 11 is 0. The van der Waals surface area contributed by atoms with E-state index in [1.807, 2.05) is 0 Å². The topological polar surface area (TPSA) is 38.5 Å². The zero-order valence-corrected chi connectivity index (χ0v) is 8.09. The van der Waals surface area contributed by atoms with Crippen LogP contribution in [0.4, 0.5) is 8.78 Å². The third kappa shape index (κ3) is 2.21. The van der Waals surface area contributed by atoms with E-state index in [4.69, 9.17) is 10.5 Å². The Morgan fingerprint density at radius 2 is 1.86 bits per heavy atom. The quantitative estimate of drug-likeness (QED) is 0.728. The molecule has 2 N–H and O–H groups in total. The van der Waals surface area contributed by atoms with Gasteiger partial charge >= 0.3 is 0 Å². The molecule has 82 valence electrons. The number of morpholine rings is 1. The summed E-state index contributed by atoms with van der Waals surface area (Å²) < 4.78 is 31.6. The predicted molar refractivity (Wildman–Crippen MR) is 48.3 cm³/mol. The molecule has 0 radical (unpaired) electrons. The number of nitrogens with zero attached hydrogens (tertiary/aromatic N) is 1. The van der Waals surface area contributed by atoms with Crippen molar-refractivity contribution in [2.24, 2.45) is 5.73 Å². The summed E-state index contributed by atoms with van der Waals surface area (Å²) in [4.78, 5) is 1.78. The van der Waals surface area contributed by atoms with Crippen molar-refractivity contribution in [1.29, 1.82) is 0 Å². The van der Waals surface area contributed by atoms with E-state index in [2.05, 4.69) is 0 Å². The second kappa shape index (κ2) is 3.72. The van der Waals surface area contributed by atoms with Gasteiger partial charge in [-0.2, -0.15) is 0 Å². The van der Waals surface area contributed by atoms with E-state index in [0.29, 0.717) is 13.1 Å². The molecule has 0 spiro atoms. The second-order valence-corrected chi connectivity index (χ2v) is 4.21. The molecular weight excluding hydrogens is 190 g/mol. The van der Waals surface area contributed by atoms with Gasteiger partial charge in [-0.15, -0.1) is 0 Å². The van der Waals surface area contributed by atoms with E-state index in [-0.39, 0.29) is 18.8 Å². The average molecular weight is 206 g/mol. The molecule has 2 saturated heterocycles. The van der Waals surface area contributed by atoms with E-state index in [0.717, 1.165) is 12.8 Å². The van der Waals surface area contributed by atoms with Crippen LogP contribution in [-0.2, 0) is 4.74 Å². The molecule has 2 rings (SSSR count). The molecule has 5 heteroatoms. The number of likely N-dealkylation sites (tertiary alicyclic amines) is 1. The van der Waals surface area contributed by atoms with Crippen LogP contribution in [0.15, 0.2) is 0 Å². The fraction of sp³-hybridized carbons (Fsp3) is 1.00. The van der Waals surface area contributed by atoms with Crippen LogP contribution in [-0.4, -0.2) is 49.2 Å². The van der Waals surface area contributed by atoms with Crippen molar-refractivity contribution in [3.63, 3.8) is 0 Å². The zero-order valence-electron chi connectivity index (χ0n) is 8.09. The second-order valence-electron chi connectivity index (χ2n) is 4.21. The van der Waals surface area contributed by atoms with Gasteiger partial charge in [0.15, 0.2) is 0 Å². The smallest absolute Gasteiger partial charge is 0.272 e. The summed E-state index contributed by atoms with van der Waals surface area (Å²) in [5, 5.41) is 0. The van der Waals surface area contributed by atoms with Crippen LogP contribution in [0.25, 0.3) is 0 Å². The first kappa shape index (κ1) is 10.3. The number of hydrogen-bond donors (Lipinski definition) is 1. The van der Waals surface area contributed by atoms with E-state index in [9.17, 15) is 8.78 Å². The van der Waals surface area contributed by atoms with E-state index in [1.165, 1.54) is 0 Å². The van der Waals surface area contributed by atoms with E-state index in [1.54, 1.807) is 4.90 Å². The lowest BCUT2D eigenvalue weighted by molar-refractivity contribution is -0.0819. The van der Waals surface area contributed by atoms with Gasteiger partial charge in [0.05, 0.1) is 25.3 Å². The minimum absolute atomic E-state index is 0.169. The molecule has 2 aliphatic rings. The molecule has 2 atom stereocenters. The van der Waals surface area contributed by atoms with Crippen LogP contribution in [0.1, 0.15) is 12.8 Å². The number of fused-ring (bicyclic) bond motifs is 2. The van der Waals surface area contributed by atoms with Gasteiger partial charge in [0, 0.05) is 13.1 Å². The highest BCUT2D eigenvalue weighted by Gasteiger charge is 2.38. The van der Waals surface area contributed by atoms with Crippen molar-refractivity contribution in [3.8, 4) is 0 Å². The highest BCUT2D eigenvalue weighted by molar-refractivity contribution is 4.87. The summed E-state index contributed by atoms with van der Waals surface area (Å²) in [5.74, 6) is -2.75. The Kier molecular flexibility index (Phi) is 2.72. The molecule has 3 nitrogen and oxygen atoms in total. The van der Waals surface area contributed by atoms with Gasteiger partial charge < -0.3 is 10.5 Å². The van der Waals surface area contributed by atoms with Crippen molar-refractivity contribution >= 4 is 0 Å². The fourth-order valence-electron chi connectivity index (χ4n) is 2.22. The lowest BCUT2D eigenvalue weighted by Crippen LogP contribution is -2.49. The maximum atomic E-state index is 13.0. The highest BCUT2D eigenvalue weighted by Crippen LogP contribution is 2.27. The van der Waals surface area contributed by atoms with Gasteiger partial charge in [0.1, 0.15) is 0 Å². The van der Waals surface area contributed by atoms with Crippen molar-refractivity contribution in [2.75, 3.05) is 26.2 Å². The van der Waals surface area contributed by atoms with Crippen molar-refractivity contribution < 1.29 is 13.5 Å². The van der Waals surface area contributed by atoms with Crippen LogP contribution in [0.5, 0.6) is 0 Å². The molecule has 0 aromatic carbocycles. The summed E-state index contributed by atoms with van der Waals surface area (Å²) in [7, 11) is 0. The Hall–Kier alpha value is -0.260. The van der Waals surface area contributed by atoms with Crippen molar-refractivity contribution in [2.45, 2.75) is 31.0 Å². The molecular formula is C9H16F2N2O. The molecule has 0 aromatic rings. The average Bonchev–Trinajstić information content (AvgIpc) is 2.45. The first-order chi connectivity index (χ1) is 6.59. The van der Waals surface area contributed by atoms with Crippen molar-refractivity contribution in [1.82, 2.24) is 4.90 Å². The van der Waals surface area contributed by atoms with E-state index < -0.39 is 12.5 Å². The van der Waals surface area contributed by atoms with Crippen LogP contribution in [0, 0.1) is 0 Å². The van der Waals surface area contributed by atoms with Crippen molar-refractivity contribution in [3.05, 3.63) is 0 Å². The van der Waals surface area contributed by atoms with Gasteiger partial charge in [-0.05, 0) is 12.8 Å². The lowest BCUT2D eigenvalue weighted by atomic mass is 10.2. The Bertz CT molecular complexity index is 201. The van der Waals surface area contributed by atoms with Gasteiger partial charge in [-0.25, -0.2) is 8.78 Å². The molecule has 0 saturated carbocycles. The Balaban J connectivity index is 1.88. The number of hydrogen-bond acceptors (Lipinski definition) is 3. The third-order valence-electron chi connectivity index (χ3n) is 2.87. The number of nitrogens with two attached hydrogens (primary N) is 1. The SMILES string of the molecule is NCC(F)(F)CN1CC2CCC(C1)O2. The highest BCUT2D eigenvalue weighted by atomic mass is 19.3. The molecule has 14 heavy (non-hydrogen) atoms. The van der Waals surface area contributed by atoms with Crippen LogP contribution in [0.3, 0.4) is 0 Å². The molecule has 2 fully saturated rings. The van der Waals surface area contributed by atoms with Crippen LogP contribution in [0.2, 0.25) is 0 Å². The molecule has 2 aliphatic heterocycles. The predicted octanol–water partition coefficient (Wildman–Crippen LogP) is 0.444. The molecule has 2 unspecified atom stereocenters. The minimum atomic E-state index is -2.75. The van der Waals surface area contributed by atoms with Gasteiger partial charge in [-0.3, -0.25) is 4.90 Å². The summed E-state index contributed by atoms with van der Waals surface area (Å²) in [6, 6.07) is 0. The summed E-state index contributed by atoms with van der Waals surface area (Å²) in [6.45, 7) is 0.470. The number of halogens is 2. The largest absolute Gasteiger partial charge is 0.372 e. The first-order valence-corrected chi connectivity index (χ1v) is 5.05. The first-order valence-electron chi connectivity index (χ1n) is 5.05. The third-order valence-corrected chi connectivity index (χ3v) is 2.87. The molecule has 2 heterocycles. The van der Waals surface area contributed by atoms with E-state index >= 15 is 0 Å². The molecule has 0 aromatic heterocycles. The normalized spacial score (nSPS) is 33.6. The maximum Gasteiger partial charge on any atom is 0.272 e. The maximum absolute atomic E-state index is 13.0. The standard InChI is InChI=1S/C9H16F2N2O/c10-9(11,5-12)6-13-3-7-1-2-8(4-13)14-7/h7-8H,1-6,12H2. The number of ether oxygens (including phenoxy) is 1. The summed E-state index contributed by atoms with van der Waals surface area (Å²) in [6.07, 6.45) is 2.36. The Morgan fingerprint density at radius 3 is 2.36 bits per heavy atom. The fourth-order valence-corrected chi connectivity index (χ4v) is 2.22. The number of rotatable bonds is 3. The molecule has 0 amide bonds. The summed E-state index contributed by atoms with van der Waals surface area (Å²) in [5.41, 5.74) is 5.00.